The molecule has 0 aliphatic carbocycles. The number of nitriles is 1. The molecule has 1 aromatic heterocycles. The van der Waals surface area contributed by atoms with Crippen LogP contribution in [-0.4, -0.2) is 41.1 Å². The number of morpholine rings is 1. The van der Waals surface area contributed by atoms with E-state index >= 15 is 0 Å². The minimum atomic E-state index is 0.501. The Morgan fingerprint density at radius 1 is 1.24 bits per heavy atom. The number of ether oxygens (including phenoxy) is 1. The van der Waals surface area contributed by atoms with Gasteiger partial charge >= 0.3 is 0 Å². The maximum atomic E-state index is 9.25. The van der Waals surface area contributed by atoms with Crippen molar-refractivity contribution in [2.45, 2.75) is 31.3 Å². The van der Waals surface area contributed by atoms with Crippen molar-refractivity contribution in [2.24, 2.45) is 5.92 Å². The number of hydrogen-bond donors (Lipinski definition) is 0. The Labute approximate surface area is 152 Å². The molecular formula is C18H23N5OS. The minimum absolute atomic E-state index is 0.501. The van der Waals surface area contributed by atoms with Gasteiger partial charge in [0.2, 0.25) is 5.95 Å². The molecule has 132 valence electrons. The SMILES string of the molecule is CC(C)Cn1c(SCc2ccccc2C#N)nnc1N1CCOCC1. The van der Waals surface area contributed by atoms with E-state index in [-0.39, 0.29) is 0 Å². The molecule has 1 aromatic carbocycles. The van der Waals surface area contributed by atoms with E-state index in [1.54, 1.807) is 11.8 Å². The zero-order chi connectivity index (χ0) is 17.6. The lowest BCUT2D eigenvalue weighted by Gasteiger charge is -2.28. The van der Waals surface area contributed by atoms with E-state index in [0.29, 0.717) is 11.7 Å². The Bertz CT molecular complexity index is 746. The highest BCUT2D eigenvalue weighted by molar-refractivity contribution is 7.98. The Kier molecular flexibility index (Phi) is 5.95. The summed E-state index contributed by atoms with van der Waals surface area (Å²) in [5.74, 6) is 2.14. The minimum Gasteiger partial charge on any atom is -0.378 e. The van der Waals surface area contributed by atoms with Gasteiger partial charge in [0.05, 0.1) is 24.8 Å². The molecule has 0 bridgehead atoms. The Morgan fingerprint density at radius 3 is 2.72 bits per heavy atom. The van der Waals surface area contributed by atoms with Crippen molar-refractivity contribution < 1.29 is 4.74 Å². The molecule has 1 aliphatic rings. The van der Waals surface area contributed by atoms with E-state index in [2.05, 4.69) is 39.6 Å². The van der Waals surface area contributed by atoms with Crippen LogP contribution in [0.1, 0.15) is 25.0 Å². The third-order valence-corrected chi connectivity index (χ3v) is 5.05. The van der Waals surface area contributed by atoms with Gasteiger partial charge in [-0.15, -0.1) is 10.2 Å². The van der Waals surface area contributed by atoms with Crippen LogP contribution in [0.4, 0.5) is 5.95 Å². The van der Waals surface area contributed by atoms with Gasteiger partial charge in [0.1, 0.15) is 0 Å². The number of benzene rings is 1. The maximum Gasteiger partial charge on any atom is 0.228 e. The van der Waals surface area contributed by atoms with Crippen LogP contribution < -0.4 is 4.90 Å². The summed E-state index contributed by atoms with van der Waals surface area (Å²) in [4.78, 5) is 2.24. The van der Waals surface area contributed by atoms with E-state index in [0.717, 1.165) is 55.1 Å². The van der Waals surface area contributed by atoms with E-state index in [4.69, 9.17) is 4.74 Å². The van der Waals surface area contributed by atoms with Gasteiger partial charge in [0, 0.05) is 25.4 Å². The van der Waals surface area contributed by atoms with Gasteiger partial charge < -0.3 is 9.64 Å². The molecule has 2 aromatic rings. The molecule has 1 aliphatic heterocycles. The summed E-state index contributed by atoms with van der Waals surface area (Å²) < 4.78 is 7.65. The second kappa shape index (κ2) is 8.37. The van der Waals surface area contributed by atoms with Crippen LogP contribution in [0.25, 0.3) is 0 Å². The predicted molar refractivity (Wildman–Crippen MR) is 98.6 cm³/mol. The fraction of sp³-hybridized carbons (Fsp3) is 0.500. The zero-order valence-corrected chi connectivity index (χ0v) is 15.5. The van der Waals surface area contributed by atoms with Gasteiger partial charge in [0.25, 0.3) is 0 Å². The normalized spacial score (nSPS) is 14.7. The molecule has 7 heteroatoms. The average molecular weight is 357 g/mol. The molecule has 1 fully saturated rings. The number of thioether (sulfide) groups is 1. The van der Waals surface area contributed by atoms with Crippen LogP contribution in [0.3, 0.4) is 0 Å². The lowest BCUT2D eigenvalue weighted by atomic mass is 10.1. The summed E-state index contributed by atoms with van der Waals surface area (Å²) in [6.45, 7) is 8.42. The van der Waals surface area contributed by atoms with Crippen molar-refractivity contribution in [3.05, 3.63) is 35.4 Å². The topological polar surface area (TPSA) is 67.0 Å². The Hall–Kier alpha value is -2.04. The monoisotopic (exact) mass is 357 g/mol. The Balaban J connectivity index is 1.80. The molecule has 0 N–H and O–H groups in total. The summed E-state index contributed by atoms with van der Waals surface area (Å²) in [6.07, 6.45) is 0. The summed E-state index contributed by atoms with van der Waals surface area (Å²) in [5, 5.41) is 19.0. The molecule has 6 nitrogen and oxygen atoms in total. The second-order valence-corrected chi connectivity index (χ2v) is 7.39. The highest BCUT2D eigenvalue weighted by Crippen LogP contribution is 2.27. The lowest BCUT2D eigenvalue weighted by Crippen LogP contribution is -2.38. The van der Waals surface area contributed by atoms with Crippen molar-refractivity contribution >= 4 is 17.7 Å². The molecule has 3 rings (SSSR count). The van der Waals surface area contributed by atoms with Crippen molar-refractivity contribution in [1.82, 2.24) is 14.8 Å². The van der Waals surface area contributed by atoms with Crippen LogP contribution in [-0.2, 0) is 17.0 Å². The van der Waals surface area contributed by atoms with E-state index in [1.807, 2.05) is 24.3 Å². The van der Waals surface area contributed by atoms with Crippen molar-refractivity contribution in [2.75, 3.05) is 31.2 Å². The summed E-state index contributed by atoms with van der Waals surface area (Å²) >= 11 is 1.64. The van der Waals surface area contributed by atoms with Gasteiger partial charge in [0.15, 0.2) is 5.16 Å². The Morgan fingerprint density at radius 2 is 2.00 bits per heavy atom. The largest absolute Gasteiger partial charge is 0.378 e. The van der Waals surface area contributed by atoms with E-state index < -0.39 is 0 Å². The van der Waals surface area contributed by atoms with Gasteiger partial charge in [-0.2, -0.15) is 5.26 Å². The molecule has 0 radical (unpaired) electrons. The molecule has 0 atom stereocenters. The quantitative estimate of drug-likeness (QED) is 0.741. The number of anilines is 1. The van der Waals surface area contributed by atoms with Gasteiger partial charge in [-0.25, -0.2) is 0 Å². The summed E-state index contributed by atoms with van der Waals surface area (Å²) in [5.41, 5.74) is 1.75. The van der Waals surface area contributed by atoms with E-state index in [9.17, 15) is 5.26 Å². The van der Waals surface area contributed by atoms with Crippen LogP contribution >= 0.6 is 11.8 Å². The molecule has 0 spiro atoms. The maximum absolute atomic E-state index is 9.25. The number of nitrogens with zero attached hydrogens (tertiary/aromatic N) is 5. The molecular weight excluding hydrogens is 334 g/mol. The number of rotatable bonds is 6. The summed E-state index contributed by atoms with van der Waals surface area (Å²) in [6, 6.07) is 9.97. The number of aromatic nitrogens is 3. The molecule has 25 heavy (non-hydrogen) atoms. The first kappa shape index (κ1) is 17.8. The highest BCUT2D eigenvalue weighted by Gasteiger charge is 2.21. The van der Waals surface area contributed by atoms with Crippen LogP contribution in [0, 0.1) is 17.2 Å². The lowest BCUT2D eigenvalue weighted by molar-refractivity contribution is 0.121. The third kappa shape index (κ3) is 4.33. The van der Waals surface area contributed by atoms with Crippen LogP contribution in [0.2, 0.25) is 0 Å². The first-order chi connectivity index (χ1) is 12.2. The van der Waals surface area contributed by atoms with Gasteiger partial charge in [-0.05, 0) is 17.5 Å². The highest BCUT2D eigenvalue weighted by atomic mass is 32.2. The molecule has 0 unspecified atom stereocenters. The van der Waals surface area contributed by atoms with Crippen molar-refractivity contribution in [3.8, 4) is 6.07 Å². The van der Waals surface area contributed by atoms with Crippen molar-refractivity contribution in [1.29, 1.82) is 5.26 Å². The first-order valence-electron chi connectivity index (χ1n) is 8.55. The third-order valence-electron chi connectivity index (χ3n) is 4.03. The van der Waals surface area contributed by atoms with Crippen LogP contribution in [0.15, 0.2) is 29.4 Å². The molecule has 1 saturated heterocycles. The average Bonchev–Trinajstić information content (AvgIpc) is 3.02. The molecule has 2 heterocycles. The van der Waals surface area contributed by atoms with E-state index in [1.165, 1.54) is 0 Å². The fourth-order valence-electron chi connectivity index (χ4n) is 2.81. The van der Waals surface area contributed by atoms with Crippen LogP contribution in [0.5, 0.6) is 0 Å². The zero-order valence-electron chi connectivity index (χ0n) is 14.7. The van der Waals surface area contributed by atoms with Crippen molar-refractivity contribution in [3.63, 3.8) is 0 Å². The fourth-order valence-corrected chi connectivity index (χ4v) is 3.75. The first-order valence-corrected chi connectivity index (χ1v) is 9.54. The van der Waals surface area contributed by atoms with Gasteiger partial charge in [-0.3, -0.25) is 4.57 Å². The smallest absolute Gasteiger partial charge is 0.228 e. The van der Waals surface area contributed by atoms with Gasteiger partial charge in [-0.1, -0.05) is 43.8 Å². The predicted octanol–water partition coefficient (Wildman–Crippen LogP) is 2.93. The second-order valence-electron chi connectivity index (χ2n) is 6.44. The molecule has 0 amide bonds. The standard InChI is InChI=1S/C18H23N5OS/c1-14(2)12-23-17(22-7-9-24-10-8-22)20-21-18(23)25-13-16-6-4-3-5-15(16)11-19/h3-6,14H,7-10,12-13H2,1-2H3. The molecule has 0 saturated carbocycles. The summed E-state index contributed by atoms with van der Waals surface area (Å²) in [7, 11) is 0. The number of hydrogen-bond acceptors (Lipinski definition) is 6.